The molecule has 0 aliphatic carbocycles. The average molecular weight is 552 g/mol. The molecular formula is C24H44Br2N2O2+2. The number of halogens is 2. The topological polar surface area (TPSA) is 18.5 Å². The molecule has 4 nitrogen and oxygen atoms in total. The molecule has 1 rings (SSSR count). The van der Waals surface area contributed by atoms with Crippen molar-refractivity contribution in [3.63, 3.8) is 0 Å². The van der Waals surface area contributed by atoms with Crippen molar-refractivity contribution in [3.8, 4) is 11.5 Å². The van der Waals surface area contributed by atoms with E-state index in [0.29, 0.717) is 0 Å². The highest BCUT2D eigenvalue weighted by Crippen LogP contribution is 2.36. The van der Waals surface area contributed by atoms with Gasteiger partial charge in [0.25, 0.3) is 0 Å². The number of ether oxygens (including phenoxy) is 2. The van der Waals surface area contributed by atoms with Gasteiger partial charge in [-0.2, -0.15) is 0 Å². The van der Waals surface area contributed by atoms with E-state index >= 15 is 0 Å². The lowest BCUT2D eigenvalue weighted by Gasteiger charge is -2.23. The molecule has 0 aliphatic heterocycles. The number of hydrogen-bond donors (Lipinski definition) is 0. The Labute approximate surface area is 202 Å². The Bertz CT molecular complexity index is 557. The first kappa shape index (κ1) is 27.7. The minimum atomic E-state index is 0.753. The number of rotatable bonds is 16. The zero-order valence-electron chi connectivity index (χ0n) is 20.1. The van der Waals surface area contributed by atoms with E-state index in [2.05, 4.69) is 74.1 Å². The van der Waals surface area contributed by atoms with Crippen molar-refractivity contribution >= 4 is 31.9 Å². The molecule has 0 heterocycles. The summed E-state index contributed by atoms with van der Waals surface area (Å²) in [6, 6.07) is 4.02. The highest BCUT2D eigenvalue weighted by molar-refractivity contribution is 9.11. The molecule has 30 heavy (non-hydrogen) atoms. The van der Waals surface area contributed by atoms with Gasteiger partial charge in [0, 0.05) is 0 Å². The Hall–Kier alpha value is -0.300. The monoisotopic (exact) mass is 550 g/mol. The predicted octanol–water partition coefficient (Wildman–Crippen LogP) is 6.50. The molecule has 0 saturated heterocycles. The summed E-state index contributed by atoms with van der Waals surface area (Å²) in [4.78, 5) is 0. The lowest BCUT2D eigenvalue weighted by Crippen LogP contribution is -2.35. The van der Waals surface area contributed by atoms with Gasteiger partial charge in [-0.05, 0) is 95.4 Å². The van der Waals surface area contributed by atoms with E-state index in [1.54, 1.807) is 0 Å². The van der Waals surface area contributed by atoms with Gasteiger partial charge in [0.1, 0.15) is 11.5 Å². The van der Waals surface area contributed by atoms with Crippen molar-refractivity contribution in [2.75, 3.05) is 68.6 Å². The van der Waals surface area contributed by atoms with Gasteiger partial charge in [0.05, 0.1) is 77.5 Å². The summed E-state index contributed by atoms with van der Waals surface area (Å²) >= 11 is 7.26. The zero-order chi connectivity index (χ0) is 22.6. The first-order valence-corrected chi connectivity index (χ1v) is 12.9. The number of nitrogens with zero attached hydrogens (tertiary/aromatic N) is 2. The third kappa shape index (κ3) is 13.9. The van der Waals surface area contributed by atoms with Gasteiger partial charge >= 0.3 is 0 Å². The standard InChI is InChI=1S/C24H44Br2N2O2/c1-27(2,3)15-11-7-9-13-17-29-23-19-22(26)24(20-21(23)25)30-18-14-10-8-12-16-28(4,5)6/h19-20H,7-18H2,1-6H3/q+2. The molecule has 0 aromatic heterocycles. The van der Waals surface area contributed by atoms with Crippen LogP contribution in [-0.2, 0) is 0 Å². The van der Waals surface area contributed by atoms with E-state index in [1.807, 2.05) is 12.1 Å². The third-order valence-corrected chi connectivity index (χ3v) is 6.19. The van der Waals surface area contributed by atoms with Crippen LogP contribution in [0.15, 0.2) is 21.1 Å². The first-order chi connectivity index (χ1) is 14.0. The molecule has 0 saturated carbocycles. The molecule has 0 unspecified atom stereocenters. The van der Waals surface area contributed by atoms with E-state index in [0.717, 1.165) is 55.5 Å². The third-order valence-electron chi connectivity index (χ3n) is 4.95. The SMILES string of the molecule is C[N+](C)(C)CCCCCCOc1cc(Br)c(OCCCCCC[N+](C)(C)C)cc1Br. The molecule has 0 bridgehead atoms. The minimum Gasteiger partial charge on any atom is -0.492 e. The summed E-state index contributed by atoms with van der Waals surface area (Å²) in [5.74, 6) is 1.75. The van der Waals surface area contributed by atoms with Crippen molar-refractivity contribution in [2.45, 2.75) is 51.4 Å². The van der Waals surface area contributed by atoms with Crippen molar-refractivity contribution in [3.05, 3.63) is 21.1 Å². The van der Waals surface area contributed by atoms with Crippen LogP contribution in [0, 0.1) is 0 Å². The molecule has 0 amide bonds. The molecule has 0 aliphatic rings. The highest BCUT2D eigenvalue weighted by atomic mass is 79.9. The Morgan fingerprint density at radius 3 is 1.23 bits per heavy atom. The molecular weight excluding hydrogens is 508 g/mol. The summed E-state index contributed by atoms with van der Waals surface area (Å²) < 4.78 is 16.0. The second-order valence-electron chi connectivity index (χ2n) is 10.3. The normalized spacial score (nSPS) is 12.3. The van der Waals surface area contributed by atoms with Gasteiger partial charge in [0.2, 0.25) is 0 Å². The Morgan fingerprint density at radius 1 is 0.567 bits per heavy atom. The maximum Gasteiger partial charge on any atom is 0.134 e. The summed E-state index contributed by atoms with van der Waals surface area (Å²) in [5.41, 5.74) is 0. The fourth-order valence-electron chi connectivity index (χ4n) is 3.18. The van der Waals surface area contributed by atoms with Gasteiger partial charge in [-0.15, -0.1) is 0 Å². The molecule has 0 N–H and O–H groups in total. The van der Waals surface area contributed by atoms with Crippen LogP contribution >= 0.6 is 31.9 Å². The fraction of sp³-hybridized carbons (Fsp3) is 0.750. The number of benzene rings is 1. The zero-order valence-corrected chi connectivity index (χ0v) is 23.3. The largest absolute Gasteiger partial charge is 0.492 e. The van der Waals surface area contributed by atoms with E-state index in [-0.39, 0.29) is 0 Å². The van der Waals surface area contributed by atoms with Crippen LogP contribution < -0.4 is 9.47 Å². The summed E-state index contributed by atoms with van der Waals surface area (Å²) in [7, 11) is 13.5. The van der Waals surface area contributed by atoms with Crippen molar-refractivity contribution < 1.29 is 18.4 Å². The van der Waals surface area contributed by atoms with Crippen molar-refractivity contribution in [1.29, 1.82) is 0 Å². The lowest BCUT2D eigenvalue weighted by atomic mass is 10.2. The van der Waals surface area contributed by atoms with Gasteiger partial charge < -0.3 is 18.4 Å². The molecule has 0 spiro atoms. The van der Waals surface area contributed by atoms with Crippen LogP contribution in [-0.4, -0.2) is 77.6 Å². The van der Waals surface area contributed by atoms with E-state index < -0.39 is 0 Å². The van der Waals surface area contributed by atoms with Crippen molar-refractivity contribution in [2.24, 2.45) is 0 Å². The second kappa shape index (κ2) is 14.0. The summed E-state index contributed by atoms with van der Waals surface area (Å²) in [6.07, 6.45) is 9.71. The number of unbranched alkanes of at least 4 members (excludes halogenated alkanes) is 6. The van der Waals surface area contributed by atoms with Gasteiger partial charge in [-0.1, -0.05) is 0 Å². The Kier molecular flexibility index (Phi) is 12.9. The Balaban J connectivity index is 2.24. The van der Waals surface area contributed by atoms with Crippen LogP contribution in [0.25, 0.3) is 0 Å². The molecule has 1 aromatic rings. The maximum absolute atomic E-state index is 5.98. The highest BCUT2D eigenvalue weighted by Gasteiger charge is 2.10. The molecule has 174 valence electrons. The van der Waals surface area contributed by atoms with Crippen LogP contribution in [0.2, 0.25) is 0 Å². The van der Waals surface area contributed by atoms with E-state index in [9.17, 15) is 0 Å². The molecule has 0 fully saturated rings. The summed E-state index contributed by atoms with van der Waals surface area (Å²) in [6.45, 7) is 3.97. The fourth-order valence-corrected chi connectivity index (χ4v) is 4.05. The van der Waals surface area contributed by atoms with Crippen molar-refractivity contribution in [1.82, 2.24) is 0 Å². The lowest BCUT2D eigenvalue weighted by molar-refractivity contribution is -0.870. The second-order valence-corrected chi connectivity index (χ2v) is 12.0. The van der Waals surface area contributed by atoms with Crippen LogP contribution in [0.3, 0.4) is 0 Å². The summed E-state index contributed by atoms with van der Waals surface area (Å²) in [5, 5.41) is 0. The first-order valence-electron chi connectivity index (χ1n) is 11.3. The van der Waals surface area contributed by atoms with Gasteiger partial charge in [0.15, 0.2) is 0 Å². The number of quaternary nitrogens is 2. The van der Waals surface area contributed by atoms with E-state index in [1.165, 1.54) is 51.6 Å². The molecule has 0 atom stereocenters. The Morgan fingerprint density at radius 2 is 0.900 bits per heavy atom. The minimum absolute atomic E-state index is 0.753. The predicted molar refractivity (Wildman–Crippen MR) is 136 cm³/mol. The average Bonchev–Trinajstić information content (AvgIpc) is 2.61. The molecule has 0 radical (unpaired) electrons. The van der Waals surface area contributed by atoms with Crippen LogP contribution in [0.1, 0.15) is 51.4 Å². The van der Waals surface area contributed by atoms with Crippen LogP contribution in [0.4, 0.5) is 0 Å². The quantitative estimate of drug-likeness (QED) is 0.172. The molecule has 6 heteroatoms. The molecule has 1 aromatic carbocycles. The maximum atomic E-state index is 5.98. The van der Waals surface area contributed by atoms with E-state index in [4.69, 9.17) is 9.47 Å². The number of hydrogen-bond acceptors (Lipinski definition) is 2. The van der Waals surface area contributed by atoms with Gasteiger partial charge in [-0.3, -0.25) is 0 Å². The smallest absolute Gasteiger partial charge is 0.134 e. The van der Waals surface area contributed by atoms with Gasteiger partial charge in [-0.25, -0.2) is 0 Å². The van der Waals surface area contributed by atoms with Crippen LogP contribution in [0.5, 0.6) is 11.5 Å².